The molecule has 7 nitrogen and oxygen atoms in total. The fraction of sp³-hybridized carbons (Fsp3) is 0.435. The Morgan fingerprint density at radius 3 is 2.74 bits per heavy atom. The molecule has 3 heterocycles. The number of thiophene rings is 1. The third kappa shape index (κ3) is 4.56. The summed E-state index contributed by atoms with van der Waals surface area (Å²) in [7, 11) is 1.62. The second-order valence-corrected chi connectivity index (χ2v) is 8.82. The summed E-state index contributed by atoms with van der Waals surface area (Å²) in [6.45, 7) is 5.16. The standard InChI is InChI=1S/C23H28N4O3S/c1-16-18-20(26-15-27-22(18)31-19(16)21(28)24-10-13-29-2)25-14-23(8-11-30-12-9-23)17-6-4-3-5-7-17/h3-7,15H,8-14H2,1-2H3,(H,24,28)(H,25,26,27). The van der Waals surface area contributed by atoms with Gasteiger partial charge in [-0.15, -0.1) is 11.3 Å². The molecule has 1 aliphatic rings. The Labute approximate surface area is 186 Å². The number of nitrogens with one attached hydrogen (secondary N) is 2. The minimum atomic E-state index is -0.103. The van der Waals surface area contributed by atoms with Crippen LogP contribution in [0.1, 0.15) is 33.6 Å². The second kappa shape index (κ2) is 9.72. The predicted molar refractivity (Wildman–Crippen MR) is 123 cm³/mol. The Morgan fingerprint density at radius 1 is 1.23 bits per heavy atom. The molecule has 0 unspecified atom stereocenters. The first-order chi connectivity index (χ1) is 15.1. The van der Waals surface area contributed by atoms with Gasteiger partial charge < -0.3 is 20.1 Å². The molecule has 0 spiro atoms. The molecule has 8 heteroatoms. The lowest BCUT2D eigenvalue weighted by Gasteiger charge is -2.38. The van der Waals surface area contributed by atoms with Gasteiger partial charge in [0, 0.05) is 38.8 Å². The van der Waals surface area contributed by atoms with Crippen molar-refractivity contribution in [3.05, 3.63) is 52.7 Å². The number of methoxy groups -OCH3 is 1. The van der Waals surface area contributed by atoms with Gasteiger partial charge in [-0.25, -0.2) is 9.97 Å². The van der Waals surface area contributed by atoms with Crippen molar-refractivity contribution in [2.45, 2.75) is 25.2 Å². The van der Waals surface area contributed by atoms with Crippen LogP contribution in [-0.2, 0) is 14.9 Å². The van der Waals surface area contributed by atoms with Gasteiger partial charge in [-0.2, -0.15) is 0 Å². The van der Waals surface area contributed by atoms with Crippen molar-refractivity contribution in [2.75, 3.05) is 45.3 Å². The average molecular weight is 441 g/mol. The first kappa shape index (κ1) is 21.7. The molecule has 0 radical (unpaired) electrons. The number of hydrogen-bond acceptors (Lipinski definition) is 7. The highest BCUT2D eigenvalue weighted by molar-refractivity contribution is 7.20. The number of carbonyl (C=O) groups excluding carboxylic acids is 1. The van der Waals surface area contributed by atoms with Gasteiger partial charge in [0.25, 0.3) is 5.91 Å². The van der Waals surface area contributed by atoms with E-state index in [-0.39, 0.29) is 11.3 Å². The van der Waals surface area contributed by atoms with Gasteiger partial charge in [0.05, 0.1) is 16.9 Å². The zero-order valence-corrected chi connectivity index (χ0v) is 18.8. The lowest BCUT2D eigenvalue weighted by molar-refractivity contribution is 0.0544. The number of fused-ring (bicyclic) bond motifs is 1. The van der Waals surface area contributed by atoms with Crippen molar-refractivity contribution in [3.8, 4) is 0 Å². The summed E-state index contributed by atoms with van der Waals surface area (Å²) in [4.78, 5) is 23.0. The SMILES string of the molecule is COCCNC(=O)c1sc2ncnc(NCC3(c4ccccc4)CCOCC3)c2c1C. The number of benzene rings is 1. The summed E-state index contributed by atoms with van der Waals surface area (Å²) < 4.78 is 10.7. The van der Waals surface area contributed by atoms with Crippen molar-refractivity contribution in [1.29, 1.82) is 0 Å². The molecule has 1 amide bonds. The average Bonchev–Trinajstić information content (AvgIpc) is 3.16. The van der Waals surface area contributed by atoms with E-state index in [9.17, 15) is 4.79 Å². The fourth-order valence-corrected chi connectivity index (χ4v) is 5.21. The number of rotatable bonds is 8. The molecule has 0 atom stereocenters. The normalized spacial score (nSPS) is 15.7. The Hall–Kier alpha value is -2.55. The maximum Gasteiger partial charge on any atom is 0.261 e. The van der Waals surface area contributed by atoms with E-state index < -0.39 is 0 Å². The zero-order valence-electron chi connectivity index (χ0n) is 17.9. The van der Waals surface area contributed by atoms with E-state index in [1.807, 2.05) is 13.0 Å². The maximum atomic E-state index is 12.6. The van der Waals surface area contributed by atoms with Crippen LogP contribution in [0.4, 0.5) is 5.82 Å². The van der Waals surface area contributed by atoms with E-state index in [0.29, 0.717) is 18.0 Å². The molecule has 0 aliphatic carbocycles. The van der Waals surface area contributed by atoms with Crippen molar-refractivity contribution in [1.82, 2.24) is 15.3 Å². The van der Waals surface area contributed by atoms with Gasteiger partial charge >= 0.3 is 0 Å². The zero-order chi connectivity index (χ0) is 21.7. The molecule has 2 N–H and O–H groups in total. The number of anilines is 1. The number of aryl methyl sites for hydroxylation is 1. The van der Waals surface area contributed by atoms with E-state index in [2.05, 4.69) is 44.9 Å². The van der Waals surface area contributed by atoms with Gasteiger partial charge in [0.2, 0.25) is 0 Å². The summed E-state index contributed by atoms with van der Waals surface area (Å²) in [5.41, 5.74) is 2.20. The molecule has 4 rings (SSSR count). The van der Waals surface area contributed by atoms with Gasteiger partial charge in [-0.3, -0.25) is 4.79 Å². The first-order valence-electron chi connectivity index (χ1n) is 10.5. The molecule has 1 aromatic carbocycles. The maximum absolute atomic E-state index is 12.6. The number of ether oxygens (including phenoxy) is 2. The van der Waals surface area contributed by atoms with E-state index in [0.717, 1.165) is 54.2 Å². The number of nitrogens with zero attached hydrogens (tertiary/aromatic N) is 2. The highest BCUT2D eigenvalue weighted by Crippen LogP contribution is 2.37. The van der Waals surface area contributed by atoms with E-state index in [1.165, 1.54) is 16.9 Å². The van der Waals surface area contributed by atoms with Crippen molar-refractivity contribution in [3.63, 3.8) is 0 Å². The minimum Gasteiger partial charge on any atom is -0.383 e. The highest BCUT2D eigenvalue weighted by atomic mass is 32.1. The van der Waals surface area contributed by atoms with Crippen molar-refractivity contribution < 1.29 is 14.3 Å². The summed E-state index contributed by atoms with van der Waals surface area (Å²) in [5.74, 6) is 0.671. The quantitative estimate of drug-likeness (QED) is 0.521. The third-order valence-electron chi connectivity index (χ3n) is 5.96. The number of aromatic nitrogens is 2. The summed E-state index contributed by atoms with van der Waals surface area (Å²) in [5, 5.41) is 7.40. The van der Waals surface area contributed by atoms with Gasteiger partial charge in [-0.1, -0.05) is 30.3 Å². The molecule has 0 saturated carbocycles. The smallest absolute Gasteiger partial charge is 0.261 e. The van der Waals surface area contributed by atoms with Crippen molar-refractivity contribution >= 4 is 33.3 Å². The fourth-order valence-electron chi connectivity index (χ4n) is 4.14. The number of amides is 1. The minimum absolute atomic E-state index is 0.0128. The predicted octanol–water partition coefficient (Wildman–Crippen LogP) is 3.54. The van der Waals surface area contributed by atoms with E-state index in [1.54, 1.807) is 13.4 Å². The molecule has 0 bridgehead atoms. The molecular formula is C23H28N4O3S. The molecule has 1 aliphatic heterocycles. The molecule has 31 heavy (non-hydrogen) atoms. The third-order valence-corrected chi connectivity index (χ3v) is 7.15. The molecule has 2 aromatic heterocycles. The van der Waals surface area contributed by atoms with Crippen LogP contribution in [0.15, 0.2) is 36.7 Å². The Bertz CT molecular complexity index is 1030. The van der Waals surface area contributed by atoms with Crippen LogP contribution in [0.25, 0.3) is 10.2 Å². The summed E-state index contributed by atoms with van der Waals surface area (Å²) >= 11 is 1.40. The lowest BCUT2D eigenvalue weighted by atomic mass is 9.74. The summed E-state index contributed by atoms with van der Waals surface area (Å²) in [6, 6.07) is 10.6. The van der Waals surface area contributed by atoms with Crippen LogP contribution >= 0.6 is 11.3 Å². The molecule has 164 valence electrons. The highest BCUT2D eigenvalue weighted by Gasteiger charge is 2.34. The monoisotopic (exact) mass is 440 g/mol. The van der Waals surface area contributed by atoms with Crippen LogP contribution < -0.4 is 10.6 Å². The van der Waals surface area contributed by atoms with Gasteiger partial charge in [-0.05, 0) is 30.9 Å². The summed E-state index contributed by atoms with van der Waals surface area (Å²) in [6.07, 6.45) is 3.47. The number of hydrogen-bond donors (Lipinski definition) is 2. The Kier molecular flexibility index (Phi) is 6.80. The second-order valence-electron chi connectivity index (χ2n) is 7.82. The number of carbonyl (C=O) groups is 1. The topological polar surface area (TPSA) is 85.4 Å². The van der Waals surface area contributed by atoms with Crippen molar-refractivity contribution in [2.24, 2.45) is 0 Å². The van der Waals surface area contributed by atoms with Crippen LogP contribution in [-0.4, -0.2) is 55.9 Å². The lowest BCUT2D eigenvalue weighted by Crippen LogP contribution is -2.40. The molecule has 3 aromatic rings. The first-order valence-corrected chi connectivity index (χ1v) is 11.3. The Morgan fingerprint density at radius 2 is 2.00 bits per heavy atom. The Balaban J connectivity index is 1.60. The van der Waals surface area contributed by atoms with E-state index in [4.69, 9.17) is 9.47 Å². The molecule has 1 saturated heterocycles. The van der Waals surface area contributed by atoms with E-state index >= 15 is 0 Å². The van der Waals surface area contributed by atoms with Crippen LogP contribution in [0.2, 0.25) is 0 Å². The van der Waals surface area contributed by atoms with Gasteiger partial charge in [0.1, 0.15) is 17.0 Å². The van der Waals surface area contributed by atoms with Gasteiger partial charge in [0.15, 0.2) is 0 Å². The largest absolute Gasteiger partial charge is 0.383 e. The molecular weight excluding hydrogens is 412 g/mol. The molecule has 1 fully saturated rings. The van der Waals surface area contributed by atoms with Crippen LogP contribution in [0.5, 0.6) is 0 Å². The van der Waals surface area contributed by atoms with Crippen LogP contribution in [0.3, 0.4) is 0 Å². The van der Waals surface area contributed by atoms with Crippen LogP contribution in [0, 0.1) is 6.92 Å².